The largest absolute Gasteiger partial charge is 0.481 e. The molecule has 0 saturated heterocycles. The summed E-state index contributed by atoms with van der Waals surface area (Å²) < 4.78 is 5.73. The Labute approximate surface area is 164 Å². The Hall–Kier alpha value is -1.37. The molecule has 2 N–H and O–H groups in total. The molecule has 1 fully saturated rings. The summed E-state index contributed by atoms with van der Waals surface area (Å²) in [5, 5.41) is 18.7. The highest BCUT2D eigenvalue weighted by molar-refractivity contribution is 7.99. The van der Waals surface area contributed by atoms with Crippen LogP contribution in [0.15, 0.2) is 23.1 Å². The van der Waals surface area contributed by atoms with Crippen LogP contribution in [0, 0.1) is 11.8 Å². The number of aliphatic carboxylic acids is 1. The SMILES string of the molecule is O=C(O)CCCCOC[C@H]1CCC(=O)C1CSc1cccc2c1CCC2O. The average Bonchev–Trinajstić information content (AvgIpc) is 3.19. The van der Waals surface area contributed by atoms with E-state index in [0.29, 0.717) is 31.8 Å². The number of carboxylic acids is 1. The van der Waals surface area contributed by atoms with Gasteiger partial charge in [-0.05, 0) is 55.2 Å². The van der Waals surface area contributed by atoms with E-state index in [1.54, 1.807) is 11.8 Å². The van der Waals surface area contributed by atoms with Gasteiger partial charge in [-0.2, -0.15) is 0 Å². The van der Waals surface area contributed by atoms with Crippen LogP contribution < -0.4 is 0 Å². The van der Waals surface area contributed by atoms with Crippen LogP contribution in [0.3, 0.4) is 0 Å². The third-order valence-electron chi connectivity index (χ3n) is 5.62. The van der Waals surface area contributed by atoms with Crippen LogP contribution in [0.4, 0.5) is 0 Å². The van der Waals surface area contributed by atoms with Gasteiger partial charge in [-0.1, -0.05) is 12.1 Å². The number of ether oxygens (including phenoxy) is 1. The molecule has 2 aliphatic carbocycles. The lowest BCUT2D eigenvalue weighted by molar-refractivity contribution is -0.137. The predicted molar refractivity (Wildman–Crippen MR) is 104 cm³/mol. The maximum atomic E-state index is 12.3. The highest BCUT2D eigenvalue weighted by Crippen LogP contribution is 2.40. The molecule has 2 aliphatic rings. The number of carbonyl (C=O) groups is 2. The Bertz CT molecular complexity index is 675. The van der Waals surface area contributed by atoms with Crippen molar-refractivity contribution in [3.63, 3.8) is 0 Å². The molecule has 3 rings (SSSR count). The number of benzene rings is 1. The summed E-state index contributed by atoms with van der Waals surface area (Å²) in [5.74, 6) is 0.601. The van der Waals surface area contributed by atoms with E-state index in [-0.39, 0.29) is 24.4 Å². The molecular formula is C21H28O5S. The number of hydrogen-bond acceptors (Lipinski definition) is 5. The molecule has 148 valence electrons. The fourth-order valence-corrected chi connectivity index (χ4v) is 5.42. The lowest BCUT2D eigenvalue weighted by Gasteiger charge is -2.19. The van der Waals surface area contributed by atoms with E-state index >= 15 is 0 Å². The zero-order valence-corrected chi connectivity index (χ0v) is 16.4. The molecule has 0 heterocycles. The first-order valence-electron chi connectivity index (χ1n) is 9.81. The van der Waals surface area contributed by atoms with E-state index < -0.39 is 5.97 Å². The zero-order valence-electron chi connectivity index (χ0n) is 15.6. The fraction of sp³-hybridized carbons (Fsp3) is 0.619. The second-order valence-electron chi connectivity index (χ2n) is 7.49. The number of carboxylic acid groups (broad SMARTS) is 1. The predicted octanol–water partition coefficient (Wildman–Crippen LogP) is 3.63. The Morgan fingerprint density at radius 2 is 2.07 bits per heavy atom. The molecule has 0 aliphatic heterocycles. The van der Waals surface area contributed by atoms with E-state index in [0.717, 1.165) is 37.0 Å². The number of hydrogen-bond donors (Lipinski definition) is 2. The third-order valence-corrected chi connectivity index (χ3v) is 6.84. The van der Waals surface area contributed by atoms with Crippen LogP contribution in [-0.2, 0) is 20.7 Å². The molecule has 0 amide bonds. The van der Waals surface area contributed by atoms with Crippen molar-refractivity contribution in [3.8, 4) is 0 Å². The number of fused-ring (bicyclic) bond motifs is 1. The molecule has 1 saturated carbocycles. The molecule has 3 atom stereocenters. The van der Waals surface area contributed by atoms with Gasteiger partial charge in [-0.3, -0.25) is 9.59 Å². The summed E-state index contributed by atoms with van der Waals surface area (Å²) >= 11 is 1.73. The van der Waals surface area contributed by atoms with Crippen LogP contribution >= 0.6 is 11.8 Å². The monoisotopic (exact) mass is 392 g/mol. The second kappa shape index (κ2) is 9.71. The van der Waals surface area contributed by atoms with Crippen molar-refractivity contribution < 1.29 is 24.5 Å². The number of aliphatic hydroxyl groups is 1. The molecule has 0 spiro atoms. The number of aliphatic hydroxyl groups excluding tert-OH is 1. The summed E-state index contributed by atoms with van der Waals surface area (Å²) in [5.41, 5.74) is 2.28. The molecular weight excluding hydrogens is 364 g/mol. The standard InChI is InChI=1S/C21H28O5S/c22-18-10-8-16-15(18)4-3-5-20(16)27-13-17-14(7-9-19(17)23)12-26-11-2-1-6-21(24)25/h3-5,14,17-18,22H,1-2,6-13H2,(H,24,25)/t14-,17?,18?/m1/s1. The van der Waals surface area contributed by atoms with Crippen LogP contribution in [0.25, 0.3) is 0 Å². The first kappa shape index (κ1) is 20.4. The van der Waals surface area contributed by atoms with Gasteiger partial charge in [-0.15, -0.1) is 11.8 Å². The van der Waals surface area contributed by atoms with Crippen LogP contribution in [-0.4, -0.2) is 40.9 Å². The van der Waals surface area contributed by atoms with E-state index in [9.17, 15) is 14.7 Å². The van der Waals surface area contributed by atoms with E-state index in [1.807, 2.05) is 12.1 Å². The van der Waals surface area contributed by atoms with Crippen LogP contribution in [0.5, 0.6) is 0 Å². The van der Waals surface area contributed by atoms with Crippen molar-refractivity contribution in [3.05, 3.63) is 29.3 Å². The van der Waals surface area contributed by atoms with E-state index in [4.69, 9.17) is 9.84 Å². The molecule has 6 heteroatoms. The van der Waals surface area contributed by atoms with Crippen molar-refractivity contribution in [1.29, 1.82) is 0 Å². The van der Waals surface area contributed by atoms with Gasteiger partial charge >= 0.3 is 5.97 Å². The summed E-state index contributed by atoms with van der Waals surface area (Å²) in [4.78, 5) is 24.0. The third kappa shape index (κ3) is 5.33. The van der Waals surface area contributed by atoms with Crippen molar-refractivity contribution >= 4 is 23.5 Å². The quantitative estimate of drug-likeness (QED) is 0.467. The Kier molecular flexibility index (Phi) is 7.33. The zero-order chi connectivity index (χ0) is 19.2. The highest BCUT2D eigenvalue weighted by atomic mass is 32.2. The van der Waals surface area contributed by atoms with Gasteiger partial charge in [0.1, 0.15) is 5.78 Å². The summed E-state index contributed by atoms with van der Waals surface area (Å²) in [6.07, 6.45) is 4.40. The second-order valence-corrected chi connectivity index (χ2v) is 8.55. The normalized spacial score (nSPS) is 24.3. The molecule has 0 aromatic heterocycles. The number of ketones is 1. The first-order chi connectivity index (χ1) is 13.1. The van der Waals surface area contributed by atoms with Crippen molar-refractivity contribution in [2.75, 3.05) is 19.0 Å². The van der Waals surface area contributed by atoms with Crippen molar-refractivity contribution in [1.82, 2.24) is 0 Å². The van der Waals surface area contributed by atoms with E-state index in [2.05, 4.69) is 6.07 Å². The summed E-state index contributed by atoms with van der Waals surface area (Å²) in [6, 6.07) is 6.08. The summed E-state index contributed by atoms with van der Waals surface area (Å²) in [6.45, 7) is 1.14. The fourth-order valence-electron chi connectivity index (χ4n) is 4.03. The Balaban J connectivity index is 1.47. The Morgan fingerprint density at radius 1 is 1.22 bits per heavy atom. The molecule has 5 nitrogen and oxygen atoms in total. The molecule has 27 heavy (non-hydrogen) atoms. The van der Waals surface area contributed by atoms with Crippen molar-refractivity contribution in [2.24, 2.45) is 11.8 Å². The van der Waals surface area contributed by atoms with Crippen molar-refractivity contribution in [2.45, 2.75) is 55.9 Å². The average molecular weight is 393 g/mol. The van der Waals surface area contributed by atoms with E-state index in [1.165, 1.54) is 10.5 Å². The smallest absolute Gasteiger partial charge is 0.303 e. The van der Waals surface area contributed by atoms with Gasteiger partial charge in [0.2, 0.25) is 0 Å². The van der Waals surface area contributed by atoms with Gasteiger partial charge in [-0.25, -0.2) is 0 Å². The topological polar surface area (TPSA) is 83.8 Å². The van der Waals surface area contributed by atoms with Gasteiger partial charge in [0.25, 0.3) is 0 Å². The van der Waals surface area contributed by atoms with Crippen LogP contribution in [0.2, 0.25) is 0 Å². The minimum Gasteiger partial charge on any atom is -0.481 e. The number of carbonyl (C=O) groups excluding carboxylic acids is 1. The number of Topliss-reactive ketones (excluding diaryl/α,β-unsaturated/α-hetero) is 1. The minimum atomic E-state index is -0.770. The molecule has 2 unspecified atom stereocenters. The Morgan fingerprint density at radius 3 is 2.89 bits per heavy atom. The molecule has 0 bridgehead atoms. The molecule has 1 aromatic carbocycles. The van der Waals surface area contributed by atoms with Gasteiger partial charge in [0.05, 0.1) is 12.7 Å². The maximum absolute atomic E-state index is 12.3. The number of rotatable bonds is 10. The summed E-state index contributed by atoms with van der Waals surface area (Å²) in [7, 11) is 0. The molecule has 1 aromatic rings. The maximum Gasteiger partial charge on any atom is 0.303 e. The van der Waals surface area contributed by atoms with Crippen LogP contribution in [0.1, 0.15) is 55.8 Å². The number of thioether (sulfide) groups is 1. The molecule has 0 radical (unpaired) electrons. The van der Waals surface area contributed by atoms with Gasteiger partial charge in [0.15, 0.2) is 0 Å². The van der Waals surface area contributed by atoms with Gasteiger partial charge in [0, 0.05) is 36.0 Å². The lowest BCUT2D eigenvalue weighted by Crippen LogP contribution is -2.22. The van der Waals surface area contributed by atoms with Gasteiger partial charge < -0.3 is 14.9 Å². The number of unbranched alkanes of at least 4 members (excludes halogenated alkanes) is 1. The first-order valence-corrected chi connectivity index (χ1v) is 10.8. The lowest BCUT2D eigenvalue weighted by atomic mass is 9.98. The highest BCUT2D eigenvalue weighted by Gasteiger charge is 2.35. The minimum absolute atomic E-state index is 0.0243.